The van der Waals surface area contributed by atoms with Crippen LogP contribution in [-0.4, -0.2) is 60.9 Å². The molecule has 5 nitrogen and oxygen atoms in total. The Kier molecular flexibility index (Phi) is 8.97. The topological polar surface area (TPSA) is 45.7 Å². The molecule has 1 aromatic heterocycles. The Labute approximate surface area is 206 Å². The second-order valence-electron chi connectivity index (χ2n) is 7.84. The van der Waals surface area contributed by atoms with E-state index < -0.39 is 0 Å². The van der Waals surface area contributed by atoms with Crippen LogP contribution in [0.1, 0.15) is 19.3 Å². The molecule has 1 aliphatic rings. The standard InChI is InChI=1S/C24H27ClFN3O2S2/c25-20-4-1-5-21-23(20)27-24(33-21)29(12-3-11-28-13-15-31-16-14-28)22(30)6-2-17-32-19-9-7-18(26)8-10-19/h1,4-5,7-10H,2-3,6,11-17H2. The Morgan fingerprint density at radius 2 is 1.97 bits per heavy atom. The predicted molar refractivity (Wildman–Crippen MR) is 135 cm³/mol. The van der Waals surface area contributed by atoms with E-state index in [1.807, 2.05) is 23.1 Å². The Hall–Kier alpha value is -1.71. The van der Waals surface area contributed by atoms with Crippen molar-refractivity contribution in [3.63, 3.8) is 0 Å². The lowest BCUT2D eigenvalue weighted by Gasteiger charge is -2.27. The maximum absolute atomic E-state index is 13.2. The zero-order valence-corrected chi connectivity index (χ0v) is 20.7. The average Bonchev–Trinajstić information content (AvgIpc) is 3.26. The number of aromatic nitrogens is 1. The molecule has 3 aromatic rings. The van der Waals surface area contributed by atoms with Gasteiger partial charge in [0.1, 0.15) is 11.3 Å². The number of ether oxygens (including phenoxy) is 1. The van der Waals surface area contributed by atoms with Crippen LogP contribution in [0.15, 0.2) is 47.4 Å². The predicted octanol–water partition coefficient (Wildman–Crippen LogP) is 5.72. The van der Waals surface area contributed by atoms with Crippen LogP contribution in [-0.2, 0) is 9.53 Å². The van der Waals surface area contributed by atoms with E-state index in [-0.39, 0.29) is 11.7 Å². The van der Waals surface area contributed by atoms with Crippen LogP contribution in [0.5, 0.6) is 0 Å². The van der Waals surface area contributed by atoms with Crippen LogP contribution in [0.3, 0.4) is 0 Å². The second kappa shape index (κ2) is 12.1. The number of hydrogen-bond donors (Lipinski definition) is 0. The van der Waals surface area contributed by atoms with Crippen LogP contribution in [0, 0.1) is 5.82 Å². The van der Waals surface area contributed by atoms with E-state index in [1.165, 1.54) is 23.5 Å². The lowest BCUT2D eigenvalue weighted by molar-refractivity contribution is -0.118. The first-order valence-electron chi connectivity index (χ1n) is 11.1. The summed E-state index contributed by atoms with van der Waals surface area (Å²) in [6.45, 7) is 4.96. The zero-order valence-electron chi connectivity index (χ0n) is 18.3. The molecule has 0 spiro atoms. The maximum Gasteiger partial charge on any atom is 0.228 e. The number of para-hydroxylation sites is 1. The molecule has 33 heavy (non-hydrogen) atoms. The van der Waals surface area contributed by atoms with E-state index in [1.54, 1.807) is 23.9 Å². The number of benzene rings is 2. The summed E-state index contributed by atoms with van der Waals surface area (Å²) in [5.41, 5.74) is 0.747. The molecule has 0 saturated carbocycles. The van der Waals surface area contributed by atoms with E-state index in [4.69, 9.17) is 21.3 Å². The van der Waals surface area contributed by atoms with Crippen molar-refractivity contribution in [1.29, 1.82) is 0 Å². The third-order valence-electron chi connectivity index (χ3n) is 5.47. The van der Waals surface area contributed by atoms with E-state index in [0.29, 0.717) is 23.1 Å². The lowest BCUT2D eigenvalue weighted by atomic mass is 10.2. The van der Waals surface area contributed by atoms with Crippen LogP contribution >= 0.6 is 34.7 Å². The highest BCUT2D eigenvalue weighted by molar-refractivity contribution is 7.99. The molecule has 2 heterocycles. The highest BCUT2D eigenvalue weighted by Crippen LogP contribution is 2.33. The Balaban J connectivity index is 1.37. The minimum Gasteiger partial charge on any atom is -0.379 e. The van der Waals surface area contributed by atoms with Crippen molar-refractivity contribution < 1.29 is 13.9 Å². The lowest BCUT2D eigenvalue weighted by Crippen LogP contribution is -2.39. The molecular weight excluding hydrogens is 481 g/mol. The van der Waals surface area contributed by atoms with Crippen molar-refractivity contribution in [3.05, 3.63) is 53.3 Å². The van der Waals surface area contributed by atoms with Crippen molar-refractivity contribution in [2.45, 2.75) is 24.2 Å². The molecule has 176 valence electrons. The third kappa shape index (κ3) is 6.90. The van der Waals surface area contributed by atoms with E-state index in [2.05, 4.69) is 4.90 Å². The third-order valence-corrected chi connectivity index (χ3v) is 7.91. The van der Waals surface area contributed by atoms with Gasteiger partial charge in [-0.05, 0) is 55.0 Å². The summed E-state index contributed by atoms with van der Waals surface area (Å²) in [4.78, 5) is 23.1. The average molecular weight is 508 g/mol. The smallest absolute Gasteiger partial charge is 0.228 e. The van der Waals surface area contributed by atoms with Gasteiger partial charge in [0.05, 0.1) is 22.9 Å². The molecule has 1 aliphatic heterocycles. The number of morpholine rings is 1. The minimum absolute atomic E-state index is 0.0758. The molecule has 1 fully saturated rings. The summed E-state index contributed by atoms with van der Waals surface area (Å²) < 4.78 is 19.5. The molecule has 0 unspecified atom stereocenters. The van der Waals surface area contributed by atoms with Crippen LogP contribution < -0.4 is 4.90 Å². The number of thiazole rings is 1. The van der Waals surface area contributed by atoms with E-state index in [0.717, 1.165) is 66.6 Å². The van der Waals surface area contributed by atoms with Gasteiger partial charge < -0.3 is 4.74 Å². The van der Waals surface area contributed by atoms with Gasteiger partial charge in [0, 0.05) is 37.5 Å². The summed E-state index contributed by atoms with van der Waals surface area (Å²) in [5.74, 6) is 0.634. The van der Waals surface area contributed by atoms with Gasteiger partial charge in [0.15, 0.2) is 5.13 Å². The number of rotatable bonds is 10. The molecule has 2 aromatic carbocycles. The second-order valence-corrected chi connectivity index (χ2v) is 10.4. The van der Waals surface area contributed by atoms with Gasteiger partial charge in [0.25, 0.3) is 0 Å². The van der Waals surface area contributed by atoms with Crippen molar-refractivity contribution in [2.75, 3.05) is 50.0 Å². The summed E-state index contributed by atoms with van der Waals surface area (Å²) >= 11 is 9.47. The van der Waals surface area contributed by atoms with Crippen molar-refractivity contribution in [2.24, 2.45) is 0 Å². The highest BCUT2D eigenvalue weighted by atomic mass is 35.5. The van der Waals surface area contributed by atoms with E-state index >= 15 is 0 Å². The van der Waals surface area contributed by atoms with Gasteiger partial charge in [0.2, 0.25) is 5.91 Å². The summed E-state index contributed by atoms with van der Waals surface area (Å²) in [7, 11) is 0. The van der Waals surface area contributed by atoms with E-state index in [9.17, 15) is 9.18 Å². The van der Waals surface area contributed by atoms with Crippen LogP contribution in [0.2, 0.25) is 5.02 Å². The van der Waals surface area contributed by atoms with Crippen LogP contribution in [0.4, 0.5) is 9.52 Å². The Bertz CT molecular complexity index is 1060. The van der Waals surface area contributed by atoms with Gasteiger partial charge in [-0.1, -0.05) is 29.0 Å². The number of carbonyl (C=O) groups excluding carboxylic acids is 1. The molecular formula is C24H27ClFN3O2S2. The molecule has 1 saturated heterocycles. The largest absolute Gasteiger partial charge is 0.379 e. The first kappa shape index (κ1) is 24.4. The molecule has 0 radical (unpaired) electrons. The number of fused-ring (bicyclic) bond motifs is 1. The van der Waals surface area contributed by atoms with Crippen molar-refractivity contribution in [1.82, 2.24) is 9.88 Å². The number of carbonyl (C=O) groups is 1. The van der Waals surface area contributed by atoms with Gasteiger partial charge in [-0.25, -0.2) is 9.37 Å². The summed E-state index contributed by atoms with van der Waals surface area (Å²) in [6.07, 6.45) is 2.06. The van der Waals surface area contributed by atoms with Gasteiger partial charge in [-0.2, -0.15) is 0 Å². The summed E-state index contributed by atoms with van der Waals surface area (Å²) in [6, 6.07) is 12.2. The Morgan fingerprint density at radius 3 is 2.73 bits per heavy atom. The first-order valence-corrected chi connectivity index (χ1v) is 13.3. The maximum atomic E-state index is 13.2. The quantitative estimate of drug-likeness (QED) is 0.259. The fourth-order valence-corrected chi connectivity index (χ4v) is 5.86. The minimum atomic E-state index is -0.238. The van der Waals surface area contributed by atoms with Gasteiger partial charge in [-0.15, -0.1) is 11.8 Å². The first-order chi connectivity index (χ1) is 16.1. The fourth-order valence-electron chi connectivity index (χ4n) is 3.70. The molecule has 0 aliphatic carbocycles. The van der Waals surface area contributed by atoms with Crippen molar-refractivity contribution in [3.8, 4) is 0 Å². The number of thioether (sulfide) groups is 1. The van der Waals surface area contributed by atoms with Gasteiger partial charge >= 0.3 is 0 Å². The van der Waals surface area contributed by atoms with Gasteiger partial charge in [-0.3, -0.25) is 14.6 Å². The normalized spacial score (nSPS) is 14.6. The molecule has 0 bridgehead atoms. The number of amides is 1. The highest BCUT2D eigenvalue weighted by Gasteiger charge is 2.21. The molecule has 4 rings (SSSR count). The Morgan fingerprint density at radius 1 is 1.18 bits per heavy atom. The number of hydrogen-bond acceptors (Lipinski definition) is 6. The van der Waals surface area contributed by atoms with Crippen molar-refractivity contribution >= 4 is 56.0 Å². The van der Waals surface area contributed by atoms with Crippen LogP contribution in [0.25, 0.3) is 10.2 Å². The number of anilines is 1. The molecule has 9 heteroatoms. The zero-order chi connectivity index (χ0) is 23.0. The molecule has 0 atom stereocenters. The molecule has 1 amide bonds. The SMILES string of the molecule is O=C(CCCSc1ccc(F)cc1)N(CCCN1CCOCC1)c1nc2c(Cl)cccc2s1. The summed E-state index contributed by atoms with van der Waals surface area (Å²) in [5, 5.41) is 1.31. The number of nitrogens with zero attached hydrogens (tertiary/aromatic N) is 3. The molecule has 0 N–H and O–H groups in total. The monoisotopic (exact) mass is 507 g/mol. The fraction of sp³-hybridized carbons (Fsp3) is 0.417. The number of halogens is 2.